The Morgan fingerprint density at radius 1 is 0.951 bits per heavy atom. The number of phosphoric ester groups is 2. The van der Waals surface area contributed by atoms with Crippen molar-refractivity contribution in [1.82, 2.24) is 19.5 Å². The molecule has 3 aromatic rings. The second-order valence-corrected chi connectivity index (χ2v) is 12.1. The van der Waals surface area contributed by atoms with E-state index in [0.29, 0.717) is 0 Å². The number of aliphatic hydroxyl groups is 4. The van der Waals surface area contributed by atoms with Gasteiger partial charge < -0.3 is 49.9 Å². The van der Waals surface area contributed by atoms with Crippen LogP contribution in [-0.4, -0.2) is 94.7 Å². The number of nitrogens with zero attached hydrogens (tertiary/aromatic N) is 5. The van der Waals surface area contributed by atoms with Crippen LogP contribution in [0.3, 0.4) is 0 Å². The van der Waals surface area contributed by atoms with E-state index < -0.39 is 77.9 Å². The summed E-state index contributed by atoms with van der Waals surface area (Å²) in [6, 6.07) is 5.00. The molecule has 10 atom stereocenters. The maximum absolute atomic E-state index is 12.3. The summed E-state index contributed by atoms with van der Waals surface area (Å²) in [5.41, 5.74) is 6.12. The van der Waals surface area contributed by atoms with Crippen LogP contribution in [0.2, 0.25) is 0 Å². The van der Waals surface area contributed by atoms with E-state index in [2.05, 4.69) is 28.3 Å². The quantitative estimate of drug-likeness (QED) is 0.0990. The van der Waals surface area contributed by atoms with Crippen molar-refractivity contribution in [2.45, 2.75) is 49.1 Å². The van der Waals surface area contributed by atoms with E-state index in [0.717, 1.165) is 6.33 Å². The molecule has 2 aliphatic heterocycles. The number of hydrogen-bond donors (Lipinski definition) is 6. The predicted molar refractivity (Wildman–Crippen MR) is 129 cm³/mol. The Labute approximate surface area is 230 Å². The molecule has 0 amide bonds. The average Bonchev–Trinajstić information content (AvgIpc) is 3.57. The standard InChI is InChI=1S/C20H26N6O13P2/c21-17-12-18(23-8-22-17)26(9-24-12)20-16(30)14(28)11(38-20)7-36-41(33,34)39-40(31,32)35-6-10-13(27)15(29)19(37-10)25-4-2-1-3-5-25/h1-5,8-11,13-16,19-20,27-30H,6-7H2,(H3-,21,22,23,31,32,33,34)/t10-,11-,13-,14-,15-,16-,19-,20-/m1/s1. The SMILES string of the molecule is Nc1ncnc2c1ncn2[C@@H]1O[C@H](COP(=O)(O)OP(=O)([O-])OC[C@H]2O[C@@H]([n+]3ccccc3)[C@H](O)[C@@H]2O)[C@@H](O)[C@H]1O. The van der Waals surface area contributed by atoms with E-state index in [1.807, 2.05) is 0 Å². The third-order valence-corrected chi connectivity index (χ3v) is 8.94. The van der Waals surface area contributed by atoms with Gasteiger partial charge in [-0.25, -0.2) is 23.8 Å². The Hall–Kier alpha value is -2.48. The first kappa shape index (κ1) is 30.0. The summed E-state index contributed by atoms with van der Waals surface area (Å²) in [5, 5.41) is 41.3. The maximum Gasteiger partial charge on any atom is 0.478 e. The number of ether oxygens (including phenoxy) is 2. The van der Waals surface area contributed by atoms with E-state index in [1.165, 1.54) is 15.5 Å². The highest BCUT2D eigenvalue weighted by Crippen LogP contribution is 2.58. The molecule has 5 heterocycles. The number of fused-ring (bicyclic) bond motifs is 1. The Morgan fingerprint density at radius 2 is 1.61 bits per heavy atom. The molecule has 224 valence electrons. The van der Waals surface area contributed by atoms with Crippen LogP contribution < -0.4 is 15.2 Å². The van der Waals surface area contributed by atoms with Crippen molar-refractivity contribution in [2.75, 3.05) is 18.9 Å². The fourth-order valence-electron chi connectivity index (χ4n) is 4.35. The van der Waals surface area contributed by atoms with Crippen LogP contribution in [0.5, 0.6) is 0 Å². The number of imidazole rings is 1. The number of rotatable bonds is 10. The molecule has 2 fully saturated rings. The fraction of sp³-hybridized carbons (Fsp3) is 0.500. The second-order valence-electron chi connectivity index (χ2n) is 9.09. The lowest BCUT2D eigenvalue weighted by Gasteiger charge is -2.26. The molecule has 3 aromatic heterocycles. The van der Waals surface area contributed by atoms with Crippen LogP contribution >= 0.6 is 15.6 Å². The van der Waals surface area contributed by atoms with Crippen molar-refractivity contribution >= 4 is 32.6 Å². The number of pyridine rings is 1. The minimum atomic E-state index is -5.54. The summed E-state index contributed by atoms with van der Waals surface area (Å²) in [6.07, 6.45) is -5.79. The Morgan fingerprint density at radius 3 is 2.34 bits per heavy atom. The minimum absolute atomic E-state index is 0.0596. The van der Waals surface area contributed by atoms with Crippen LogP contribution in [0, 0.1) is 0 Å². The van der Waals surface area contributed by atoms with Gasteiger partial charge in [-0.15, -0.1) is 0 Å². The van der Waals surface area contributed by atoms with Gasteiger partial charge in [0.15, 0.2) is 36.2 Å². The molecule has 0 bridgehead atoms. The van der Waals surface area contributed by atoms with Gasteiger partial charge in [-0.2, -0.15) is 4.57 Å². The smallest absolute Gasteiger partial charge is 0.478 e. The van der Waals surface area contributed by atoms with Crippen molar-refractivity contribution in [3.05, 3.63) is 43.2 Å². The molecule has 41 heavy (non-hydrogen) atoms. The number of phosphoric acid groups is 2. The van der Waals surface area contributed by atoms with Crippen molar-refractivity contribution in [2.24, 2.45) is 0 Å². The summed E-state index contributed by atoms with van der Waals surface area (Å²) in [4.78, 5) is 34.0. The van der Waals surface area contributed by atoms with E-state index >= 15 is 0 Å². The van der Waals surface area contributed by atoms with Gasteiger partial charge in [0, 0.05) is 12.1 Å². The van der Waals surface area contributed by atoms with E-state index in [9.17, 15) is 39.3 Å². The highest BCUT2D eigenvalue weighted by molar-refractivity contribution is 7.60. The average molecular weight is 620 g/mol. The molecule has 7 N–H and O–H groups in total. The molecule has 0 radical (unpaired) electrons. The van der Waals surface area contributed by atoms with Crippen molar-refractivity contribution in [3.8, 4) is 0 Å². The molecule has 2 aliphatic rings. The van der Waals surface area contributed by atoms with Crippen molar-refractivity contribution < 1.29 is 66.7 Å². The minimum Gasteiger partial charge on any atom is -0.756 e. The van der Waals surface area contributed by atoms with Gasteiger partial charge in [0.1, 0.15) is 42.4 Å². The molecular formula is C20H26N6O13P2. The monoisotopic (exact) mass is 620 g/mol. The summed E-state index contributed by atoms with van der Waals surface area (Å²) in [6.45, 7) is -1.76. The number of aromatic nitrogens is 5. The summed E-state index contributed by atoms with van der Waals surface area (Å²) in [7, 11) is -10.9. The molecule has 21 heteroatoms. The molecule has 0 aliphatic carbocycles. The molecule has 2 saturated heterocycles. The number of anilines is 1. The molecule has 0 spiro atoms. The van der Waals surface area contributed by atoms with Gasteiger partial charge in [0.2, 0.25) is 0 Å². The third-order valence-electron chi connectivity index (χ3n) is 6.37. The lowest BCUT2D eigenvalue weighted by molar-refractivity contribution is -0.765. The molecular weight excluding hydrogens is 594 g/mol. The summed E-state index contributed by atoms with van der Waals surface area (Å²) in [5.74, 6) is 0.0596. The largest absolute Gasteiger partial charge is 0.756 e. The van der Waals surface area contributed by atoms with Crippen molar-refractivity contribution in [3.63, 3.8) is 0 Å². The van der Waals surface area contributed by atoms with E-state index in [-0.39, 0.29) is 17.0 Å². The van der Waals surface area contributed by atoms with Crippen LogP contribution in [0.15, 0.2) is 43.2 Å². The highest BCUT2D eigenvalue weighted by atomic mass is 31.3. The van der Waals surface area contributed by atoms with Crippen LogP contribution in [0.4, 0.5) is 5.82 Å². The Bertz CT molecular complexity index is 1470. The van der Waals surface area contributed by atoms with Crippen LogP contribution in [-0.2, 0) is 32.0 Å². The van der Waals surface area contributed by atoms with Crippen molar-refractivity contribution in [1.29, 1.82) is 0 Å². The fourth-order valence-corrected chi connectivity index (χ4v) is 6.41. The van der Waals surface area contributed by atoms with E-state index in [4.69, 9.17) is 15.2 Å². The summed E-state index contributed by atoms with van der Waals surface area (Å²) < 4.78 is 51.7. The lowest BCUT2D eigenvalue weighted by atomic mass is 10.1. The zero-order valence-corrected chi connectivity index (χ0v) is 22.6. The summed E-state index contributed by atoms with van der Waals surface area (Å²) >= 11 is 0. The number of aliphatic hydroxyl groups excluding tert-OH is 4. The topological polar surface area (TPSA) is 278 Å². The number of nitrogens with two attached hydrogens (primary N) is 1. The predicted octanol–water partition coefficient (Wildman–Crippen LogP) is -2.75. The van der Waals surface area contributed by atoms with Crippen LogP contribution in [0.25, 0.3) is 11.2 Å². The zero-order chi connectivity index (χ0) is 29.5. The third kappa shape index (κ3) is 6.32. The second kappa shape index (κ2) is 11.7. The van der Waals surface area contributed by atoms with Gasteiger partial charge in [0.05, 0.1) is 19.5 Å². The maximum atomic E-state index is 12.3. The number of nitrogen functional groups attached to an aromatic ring is 1. The molecule has 5 rings (SSSR count). The van der Waals surface area contributed by atoms with Gasteiger partial charge in [-0.3, -0.25) is 13.7 Å². The van der Waals surface area contributed by atoms with E-state index in [1.54, 1.807) is 30.6 Å². The van der Waals surface area contributed by atoms with Gasteiger partial charge in [0.25, 0.3) is 14.1 Å². The molecule has 0 aromatic carbocycles. The normalized spacial score (nSPS) is 33.1. The molecule has 2 unspecified atom stereocenters. The Kier molecular flexibility index (Phi) is 8.53. The van der Waals surface area contributed by atoms with Crippen LogP contribution in [0.1, 0.15) is 12.5 Å². The first-order valence-corrected chi connectivity index (χ1v) is 14.9. The highest BCUT2D eigenvalue weighted by Gasteiger charge is 2.49. The van der Waals surface area contributed by atoms with Gasteiger partial charge >= 0.3 is 7.82 Å². The first-order chi connectivity index (χ1) is 19.4. The molecule has 19 nitrogen and oxygen atoms in total. The molecule has 0 saturated carbocycles. The van der Waals surface area contributed by atoms with Gasteiger partial charge in [-0.1, -0.05) is 6.07 Å². The number of hydrogen-bond acceptors (Lipinski definition) is 16. The van der Waals surface area contributed by atoms with Gasteiger partial charge in [-0.05, 0) is 0 Å². The zero-order valence-electron chi connectivity index (χ0n) is 20.8. The Balaban J connectivity index is 1.15. The lowest BCUT2D eigenvalue weighted by Crippen LogP contribution is -2.45. The first-order valence-electron chi connectivity index (χ1n) is 11.9.